The van der Waals surface area contributed by atoms with E-state index >= 15 is 0 Å². The largest absolute Gasteiger partial charge is 0.497 e. The summed E-state index contributed by atoms with van der Waals surface area (Å²) in [5, 5.41) is 4.62. The lowest BCUT2D eigenvalue weighted by molar-refractivity contribution is 0.200. The third kappa shape index (κ3) is 3.08. The number of hydrogen-bond donors (Lipinski definition) is 1. The van der Waals surface area contributed by atoms with Crippen LogP contribution in [0.2, 0.25) is 0 Å². The van der Waals surface area contributed by atoms with Crippen molar-refractivity contribution >= 4 is 23.3 Å². The SMILES string of the molecule is COc1ccc2c(c1)OCCN(C(=O)Nc1cnsc1)C2. The van der Waals surface area contributed by atoms with Gasteiger partial charge in [0, 0.05) is 17.0 Å². The summed E-state index contributed by atoms with van der Waals surface area (Å²) >= 11 is 1.30. The van der Waals surface area contributed by atoms with E-state index in [-0.39, 0.29) is 6.03 Å². The summed E-state index contributed by atoms with van der Waals surface area (Å²) in [5.41, 5.74) is 1.68. The molecule has 1 N–H and O–H groups in total. The van der Waals surface area contributed by atoms with Gasteiger partial charge in [-0.1, -0.05) is 0 Å². The van der Waals surface area contributed by atoms with Crippen LogP contribution in [0.1, 0.15) is 5.56 Å². The number of fused-ring (bicyclic) bond motifs is 1. The molecule has 0 atom stereocenters. The summed E-state index contributed by atoms with van der Waals surface area (Å²) in [6.07, 6.45) is 1.63. The van der Waals surface area contributed by atoms with Crippen LogP contribution in [0.4, 0.5) is 10.5 Å². The van der Waals surface area contributed by atoms with E-state index in [1.165, 1.54) is 11.5 Å². The average Bonchev–Trinajstić information content (AvgIpc) is 2.90. The van der Waals surface area contributed by atoms with Crippen molar-refractivity contribution in [2.45, 2.75) is 6.54 Å². The zero-order valence-corrected chi connectivity index (χ0v) is 12.4. The van der Waals surface area contributed by atoms with E-state index in [4.69, 9.17) is 9.47 Å². The molecule has 0 saturated carbocycles. The standard InChI is InChI=1S/C14H15N3O3S/c1-19-12-3-2-10-8-17(4-5-20-13(10)6-12)14(18)16-11-7-15-21-9-11/h2-3,6-7,9H,4-5,8H2,1H3,(H,16,18). The maximum absolute atomic E-state index is 12.3. The highest BCUT2D eigenvalue weighted by Gasteiger charge is 2.20. The molecule has 2 amide bonds. The highest BCUT2D eigenvalue weighted by molar-refractivity contribution is 7.04. The predicted molar refractivity (Wildman–Crippen MR) is 80.0 cm³/mol. The van der Waals surface area contributed by atoms with E-state index in [0.717, 1.165) is 17.1 Å². The van der Waals surface area contributed by atoms with E-state index in [2.05, 4.69) is 9.69 Å². The second-order valence-electron chi connectivity index (χ2n) is 4.59. The zero-order valence-electron chi connectivity index (χ0n) is 11.5. The third-order valence-electron chi connectivity index (χ3n) is 3.23. The number of hydrogen-bond acceptors (Lipinski definition) is 5. The smallest absolute Gasteiger partial charge is 0.322 e. The van der Waals surface area contributed by atoms with Crippen LogP contribution in [0.25, 0.3) is 0 Å². The van der Waals surface area contributed by atoms with Crippen LogP contribution >= 0.6 is 11.5 Å². The van der Waals surface area contributed by atoms with Crippen LogP contribution in [-0.4, -0.2) is 35.6 Å². The van der Waals surface area contributed by atoms with Gasteiger partial charge in [0.05, 0.1) is 32.1 Å². The Morgan fingerprint density at radius 1 is 1.52 bits per heavy atom. The minimum Gasteiger partial charge on any atom is -0.497 e. The highest BCUT2D eigenvalue weighted by Crippen LogP contribution is 2.28. The van der Waals surface area contributed by atoms with Gasteiger partial charge in [-0.05, 0) is 23.7 Å². The van der Waals surface area contributed by atoms with Crippen LogP contribution in [0, 0.1) is 0 Å². The Morgan fingerprint density at radius 2 is 2.43 bits per heavy atom. The second-order valence-corrected chi connectivity index (χ2v) is 5.24. The number of nitrogens with zero attached hydrogens (tertiary/aromatic N) is 2. The van der Waals surface area contributed by atoms with Crippen molar-refractivity contribution in [2.24, 2.45) is 0 Å². The van der Waals surface area contributed by atoms with Gasteiger partial charge in [0.2, 0.25) is 0 Å². The summed E-state index contributed by atoms with van der Waals surface area (Å²) < 4.78 is 14.8. The first kappa shape index (κ1) is 13.7. The Hall–Kier alpha value is -2.28. The Labute approximate surface area is 126 Å². The Balaban J connectivity index is 1.74. The third-order valence-corrected chi connectivity index (χ3v) is 3.81. The number of urea groups is 1. The van der Waals surface area contributed by atoms with Crippen molar-refractivity contribution in [2.75, 3.05) is 25.6 Å². The molecule has 1 aromatic carbocycles. The number of rotatable bonds is 2. The number of benzene rings is 1. The summed E-state index contributed by atoms with van der Waals surface area (Å²) in [5.74, 6) is 1.51. The number of amides is 2. The average molecular weight is 305 g/mol. The van der Waals surface area contributed by atoms with Gasteiger partial charge in [-0.2, -0.15) is 4.37 Å². The minimum absolute atomic E-state index is 0.150. The van der Waals surface area contributed by atoms with Crippen molar-refractivity contribution in [3.63, 3.8) is 0 Å². The molecule has 0 spiro atoms. The number of nitrogens with one attached hydrogen (secondary N) is 1. The topological polar surface area (TPSA) is 63.7 Å². The van der Waals surface area contributed by atoms with Crippen LogP contribution in [0.5, 0.6) is 11.5 Å². The molecule has 1 aliphatic heterocycles. The maximum atomic E-state index is 12.3. The van der Waals surface area contributed by atoms with Gasteiger partial charge in [-0.25, -0.2) is 4.79 Å². The number of methoxy groups -OCH3 is 1. The van der Waals surface area contributed by atoms with Crippen LogP contribution in [-0.2, 0) is 6.54 Å². The normalized spacial score (nSPS) is 13.9. The number of anilines is 1. The van der Waals surface area contributed by atoms with Gasteiger partial charge in [-0.3, -0.25) is 0 Å². The lowest BCUT2D eigenvalue weighted by Gasteiger charge is -2.19. The molecule has 0 radical (unpaired) electrons. The summed E-state index contributed by atoms with van der Waals surface area (Å²) in [7, 11) is 1.62. The molecule has 2 heterocycles. The first-order valence-electron chi connectivity index (χ1n) is 6.51. The first-order valence-corrected chi connectivity index (χ1v) is 7.35. The quantitative estimate of drug-likeness (QED) is 0.926. The lowest BCUT2D eigenvalue weighted by Crippen LogP contribution is -2.35. The van der Waals surface area contributed by atoms with E-state index in [0.29, 0.717) is 25.4 Å². The zero-order chi connectivity index (χ0) is 14.7. The minimum atomic E-state index is -0.150. The molecule has 1 aliphatic rings. The number of aromatic nitrogens is 1. The summed E-state index contributed by atoms with van der Waals surface area (Å²) in [6.45, 7) is 1.48. The molecular formula is C14H15N3O3S. The summed E-state index contributed by atoms with van der Waals surface area (Å²) in [6, 6.07) is 5.49. The molecule has 2 aromatic rings. The molecule has 110 valence electrons. The number of carbonyl (C=O) groups excluding carboxylic acids is 1. The van der Waals surface area contributed by atoms with Crippen LogP contribution in [0.3, 0.4) is 0 Å². The van der Waals surface area contributed by atoms with E-state index in [1.54, 1.807) is 23.6 Å². The van der Waals surface area contributed by atoms with Gasteiger partial charge in [-0.15, -0.1) is 0 Å². The van der Waals surface area contributed by atoms with Crippen molar-refractivity contribution in [1.82, 2.24) is 9.27 Å². The van der Waals surface area contributed by atoms with Crippen molar-refractivity contribution in [1.29, 1.82) is 0 Å². The maximum Gasteiger partial charge on any atom is 0.322 e. The first-order chi connectivity index (χ1) is 10.3. The van der Waals surface area contributed by atoms with Gasteiger partial charge in [0.25, 0.3) is 0 Å². The Bertz CT molecular complexity index is 630. The van der Waals surface area contributed by atoms with Crippen LogP contribution in [0.15, 0.2) is 29.8 Å². The molecule has 0 fully saturated rings. The fourth-order valence-corrected chi connectivity index (χ4v) is 2.59. The number of ether oxygens (including phenoxy) is 2. The molecular weight excluding hydrogens is 290 g/mol. The fraction of sp³-hybridized carbons (Fsp3) is 0.286. The molecule has 6 nitrogen and oxygen atoms in total. The van der Waals surface area contributed by atoms with Crippen molar-refractivity contribution < 1.29 is 14.3 Å². The van der Waals surface area contributed by atoms with Gasteiger partial charge in [0.1, 0.15) is 18.1 Å². The van der Waals surface area contributed by atoms with Gasteiger partial charge < -0.3 is 19.7 Å². The molecule has 0 unspecified atom stereocenters. The molecule has 7 heteroatoms. The Kier molecular flexibility index (Phi) is 3.92. The van der Waals surface area contributed by atoms with Crippen molar-refractivity contribution in [3.05, 3.63) is 35.3 Å². The molecule has 1 aromatic heterocycles. The van der Waals surface area contributed by atoms with E-state index in [1.807, 2.05) is 18.2 Å². The fourth-order valence-electron chi connectivity index (χ4n) is 2.12. The van der Waals surface area contributed by atoms with E-state index < -0.39 is 0 Å². The lowest BCUT2D eigenvalue weighted by atomic mass is 10.2. The second kappa shape index (κ2) is 6.01. The molecule has 3 rings (SSSR count). The molecule has 21 heavy (non-hydrogen) atoms. The van der Waals surface area contributed by atoms with Crippen LogP contribution < -0.4 is 14.8 Å². The predicted octanol–water partition coefficient (Wildman–Crippen LogP) is 2.58. The molecule has 0 saturated heterocycles. The summed E-state index contributed by atoms with van der Waals surface area (Å²) in [4.78, 5) is 14.0. The molecule has 0 bridgehead atoms. The van der Waals surface area contributed by atoms with Gasteiger partial charge in [0.15, 0.2) is 0 Å². The van der Waals surface area contributed by atoms with E-state index in [9.17, 15) is 4.79 Å². The Morgan fingerprint density at radius 3 is 3.19 bits per heavy atom. The van der Waals surface area contributed by atoms with Crippen molar-refractivity contribution in [3.8, 4) is 11.5 Å². The highest BCUT2D eigenvalue weighted by atomic mass is 32.1. The monoisotopic (exact) mass is 305 g/mol. The molecule has 0 aliphatic carbocycles. The van der Waals surface area contributed by atoms with Gasteiger partial charge >= 0.3 is 6.03 Å². The number of carbonyl (C=O) groups is 1.